The maximum Gasteiger partial charge on any atom is 0.0166 e. The van der Waals surface area contributed by atoms with Crippen LogP contribution in [0.1, 0.15) is 12.0 Å². The molecule has 1 N–H and O–H groups in total. The van der Waals surface area contributed by atoms with E-state index in [1.165, 1.54) is 25.1 Å². The fourth-order valence-electron chi connectivity index (χ4n) is 2.44. The minimum atomic E-state index is 0.838. The van der Waals surface area contributed by atoms with Crippen LogP contribution in [0.15, 0.2) is 36.4 Å². The van der Waals surface area contributed by atoms with E-state index in [9.17, 15) is 0 Å². The van der Waals surface area contributed by atoms with Crippen LogP contribution in [0.3, 0.4) is 0 Å². The van der Waals surface area contributed by atoms with Gasteiger partial charge in [0.25, 0.3) is 0 Å². The highest BCUT2D eigenvalue weighted by atomic mass is 15.1. The molecule has 1 aromatic rings. The molecule has 1 aliphatic rings. The van der Waals surface area contributed by atoms with Gasteiger partial charge < -0.3 is 5.32 Å². The number of nitrogens with zero attached hydrogens (tertiary/aromatic N) is 1. The molecule has 0 radical (unpaired) electrons. The second-order valence-corrected chi connectivity index (χ2v) is 4.79. The van der Waals surface area contributed by atoms with Gasteiger partial charge in [0.05, 0.1) is 0 Å². The smallest absolute Gasteiger partial charge is 0.0166 e. The van der Waals surface area contributed by atoms with Gasteiger partial charge >= 0.3 is 0 Å². The third kappa shape index (κ3) is 3.99. The molecule has 0 aromatic heterocycles. The van der Waals surface area contributed by atoms with Crippen LogP contribution in [0, 0.1) is 5.92 Å². The number of hydrogen-bond donors (Lipinski definition) is 1. The standard InChI is InChI=1S/C15H22N2/c1-16-12-15-9-11-17(13-15)10-5-8-14-6-3-2-4-7-14/h2-8,15-16H,9-13H2,1H3/b8-5+. The van der Waals surface area contributed by atoms with Gasteiger partial charge in [0.15, 0.2) is 0 Å². The van der Waals surface area contributed by atoms with Gasteiger partial charge in [0.1, 0.15) is 0 Å². The summed E-state index contributed by atoms with van der Waals surface area (Å²) in [6.07, 6.45) is 5.82. The van der Waals surface area contributed by atoms with Crippen molar-refractivity contribution in [3.05, 3.63) is 42.0 Å². The molecule has 2 heteroatoms. The van der Waals surface area contributed by atoms with Gasteiger partial charge in [0.2, 0.25) is 0 Å². The second kappa shape index (κ2) is 6.58. The molecule has 1 fully saturated rings. The van der Waals surface area contributed by atoms with E-state index in [0.717, 1.165) is 19.0 Å². The largest absolute Gasteiger partial charge is 0.319 e. The molecule has 0 spiro atoms. The number of benzene rings is 1. The maximum atomic E-state index is 3.27. The van der Waals surface area contributed by atoms with E-state index in [-0.39, 0.29) is 0 Å². The summed E-state index contributed by atoms with van der Waals surface area (Å²) in [5.74, 6) is 0.838. The number of likely N-dealkylation sites (tertiary alicyclic amines) is 1. The van der Waals surface area contributed by atoms with Crippen LogP contribution in [0.5, 0.6) is 0 Å². The van der Waals surface area contributed by atoms with Gasteiger partial charge in [-0.3, -0.25) is 4.90 Å². The highest BCUT2D eigenvalue weighted by Gasteiger charge is 2.20. The highest BCUT2D eigenvalue weighted by molar-refractivity contribution is 5.48. The fraction of sp³-hybridized carbons (Fsp3) is 0.467. The van der Waals surface area contributed by atoms with E-state index in [0.29, 0.717) is 0 Å². The van der Waals surface area contributed by atoms with Crippen molar-refractivity contribution in [2.75, 3.05) is 33.2 Å². The van der Waals surface area contributed by atoms with Crippen LogP contribution < -0.4 is 5.32 Å². The zero-order valence-electron chi connectivity index (χ0n) is 10.6. The van der Waals surface area contributed by atoms with Crippen LogP contribution in [0.4, 0.5) is 0 Å². The topological polar surface area (TPSA) is 15.3 Å². The molecule has 1 unspecified atom stereocenters. The van der Waals surface area contributed by atoms with E-state index in [4.69, 9.17) is 0 Å². The zero-order chi connectivity index (χ0) is 11.9. The molecule has 2 rings (SSSR count). The van der Waals surface area contributed by atoms with Gasteiger partial charge in [-0.1, -0.05) is 42.5 Å². The summed E-state index contributed by atoms with van der Waals surface area (Å²) in [7, 11) is 2.04. The zero-order valence-corrected chi connectivity index (χ0v) is 10.6. The molecule has 2 nitrogen and oxygen atoms in total. The van der Waals surface area contributed by atoms with E-state index < -0.39 is 0 Å². The van der Waals surface area contributed by atoms with E-state index in [2.05, 4.69) is 52.7 Å². The molecular formula is C15H22N2. The minimum absolute atomic E-state index is 0.838. The summed E-state index contributed by atoms with van der Waals surface area (Å²) in [6, 6.07) is 10.5. The lowest BCUT2D eigenvalue weighted by Gasteiger charge is -2.13. The van der Waals surface area contributed by atoms with Crippen molar-refractivity contribution >= 4 is 6.08 Å². The van der Waals surface area contributed by atoms with Gasteiger partial charge in [0, 0.05) is 13.1 Å². The Bertz CT molecular complexity index is 345. The molecule has 0 aliphatic carbocycles. The minimum Gasteiger partial charge on any atom is -0.319 e. The third-order valence-electron chi connectivity index (χ3n) is 3.34. The SMILES string of the molecule is CNCC1CCN(C/C=C/c2ccccc2)C1. The number of nitrogens with one attached hydrogen (secondary N) is 1. The molecule has 17 heavy (non-hydrogen) atoms. The Balaban J connectivity index is 1.74. The lowest BCUT2D eigenvalue weighted by Crippen LogP contribution is -2.24. The van der Waals surface area contributed by atoms with Gasteiger partial charge in [-0.05, 0) is 38.0 Å². The van der Waals surface area contributed by atoms with Gasteiger partial charge in [-0.25, -0.2) is 0 Å². The molecule has 92 valence electrons. The maximum absolute atomic E-state index is 3.27. The Morgan fingerprint density at radius 1 is 1.35 bits per heavy atom. The molecule has 1 aromatic carbocycles. The Labute approximate surface area is 104 Å². The van der Waals surface area contributed by atoms with Crippen molar-refractivity contribution in [1.29, 1.82) is 0 Å². The third-order valence-corrected chi connectivity index (χ3v) is 3.34. The van der Waals surface area contributed by atoms with E-state index >= 15 is 0 Å². The monoisotopic (exact) mass is 230 g/mol. The first-order valence-electron chi connectivity index (χ1n) is 6.47. The van der Waals surface area contributed by atoms with Crippen molar-refractivity contribution in [2.45, 2.75) is 6.42 Å². The molecular weight excluding hydrogens is 208 g/mol. The summed E-state index contributed by atoms with van der Waals surface area (Å²) >= 11 is 0. The Hall–Kier alpha value is -1.12. The van der Waals surface area contributed by atoms with Crippen molar-refractivity contribution in [2.24, 2.45) is 5.92 Å². The fourth-order valence-corrected chi connectivity index (χ4v) is 2.44. The Kier molecular flexibility index (Phi) is 4.77. The van der Waals surface area contributed by atoms with Crippen LogP contribution in [-0.2, 0) is 0 Å². The van der Waals surface area contributed by atoms with Gasteiger partial charge in [-0.15, -0.1) is 0 Å². The molecule has 1 saturated heterocycles. The van der Waals surface area contributed by atoms with Gasteiger partial charge in [-0.2, -0.15) is 0 Å². The molecule has 1 atom stereocenters. The average Bonchev–Trinajstić information content (AvgIpc) is 2.79. The Morgan fingerprint density at radius 3 is 2.94 bits per heavy atom. The summed E-state index contributed by atoms with van der Waals surface area (Å²) in [5.41, 5.74) is 1.29. The molecule has 0 amide bonds. The average molecular weight is 230 g/mol. The van der Waals surface area contributed by atoms with Crippen LogP contribution in [-0.4, -0.2) is 38.1 Å². The summed E-state index contributed by atoms with van der Waals surface area (Å²) in [6.45, 7) is 4.71. The first-order valence-corrected chi connectivity index (χ1v) is 6.47. The Morgan fingerprint density at radius 2 is 2.18 bits per heavy atom. The highest BCUT2D eigenvalue weighted by Crippen LogP contribution is 2.15. The quantitative estimate of drug-likeness (QED) is 0.834. The lowest BCUT2D eigenvalue weighted by atomic mass is 10.1. The van der Waals surface area contributed by atoms with Crippen molar-refractivity contribution < 1.29 is 0 Å². The van der Waals surface area contributed by atoms with Crippen molar-refractivity contribution in [1.82, 2.24) is 10.2 Å². The molecule has 1 aliphatic heterocycles. The summed E-state index contributed by atoms with van der Waals surface area (Å²) in [4.78, 5) is 2.53. The van der Waals surface area contributed by atoms with Crippen molar-refractivity contribution in [3.8, 4) is 0 Å². The summed E-state index contributed by atoms with van der Waals surface area (Å²) < 4.78 is 0. The van der Waals surface area contributed by atoms with E-state index in [1.807, 2.05) is 7.05 Å². The first kappa shape index (κ1) is 12.3. The summed E-state index contributed by atoms with van der Waals surface area (Å²) in [5, 5.41) is 3.27. The molecule has 0 saturated carbocycles. The van der Waals surface area contributed by atoms with Crippen LogP contribution in [0.2, 0.25) is 0 Å². The van der Waals surface area contributed by atoms with Crippen molar-refractivity contribution in [3.63, 3.8) is 0 Å². The normalized spacial score (nSPS) is 21.4. The predicted octanol–water partition coefficient (Wildman–Crippen LogP) is 2.24. The van der Waals surface area contributed by atoms with Crippen LogP contribution >= 0.6 is 0 Å². The number of hydrogen-bond acceptors (Lipinski definition) is 2. The second-order valence-electron chi connectivity index (χ2n) is 4.79. The van der Waals surface area contributed by atoms with Crippen LogP contribution in [0.25, 0.3) is 6.08 Å². The molecule has 0 bridgehead atoms. The predicted molar refractivity (Wildman–Crippen MR) is 73.9 cm³/mol. The number of rotatable bonds is 5. The first-order chi connectivity index (χ1) is 8.38. The van der Waals surface area contributed by atoms with E-state index in [1.54, 1.807) is 0 Å². The lowest BCUT2D eigenvalue weighted by molar-refractivity contribution is 0.357. The molecule has 1 heterocycles.